The van der Waals surface area contributed by atoms with Gasteiger partial charge in [0.15, 0.2) is 0 Å². The Morgan fingerprint density at radius 1 is 1.13 bits per heavy atom. The molecule has 0 amide bonds. The molecule has 0 aliphatic carbocycles. The van der Waals surface area contributed by atoms with E-state index in [9.17, 15) is 0 Å². The number of nitrogens with zero attached hydrogens (tertiary/aromatic N) is 1. The van der Waals surface area contributed by atoms with Crippen molar-refractivity contribution < 1.29 is 0 Å². The van der Waals surface area contributed by atoms with Gasteiger partial charge in [0.25, 0.3) is 0 Å². The predicted octanol–water partition coefficient (Wildman–Crippen LogP) is 4.94. The molecule has 0 N–H and O–H groups in total. The first-order chi connectivity index (χ1) is 6.89. The summed E-state index contributed by atoms with van der Waals surface area (Å²) in [7, 11) is 2.10. The molecule has 0 spiro atoms. The van der Waals surface area contributed by atoms with E-state index in [1.165, 1.54) is 6.42 Å². The highest BCUT2D eigenvalue weighted by Crippen LogP contribution is 2.21. The average molecular weight is 215 g/mol. The van der Waals surface area contributed by atoms with Crippen molar-refractivity contribution in [3.63, 3.8) is 0 Å². The molecule has 0 radical (unpaired) electrons. The van der Waals surface area contributed by atoms with Gasteiger partial charge < -0.3 is 4.90 Å². The Morgan fingerprint density at radius 2 is 1.47 bits per heavy atom. The van der Waals surface area contributed by atoms with Crippen molar-refractivity contribution in [2.75, 3.05) is 13.6 Å². The number of hydrogen-bond donors (Lipinski definition) is 0. The van der Waals surface area contributed by atoms with E-state index >= 15 is 0 Å². The van der Waals surface area contributed by atoms with Gasteiger partial charge in [0, 0.05) is 19.3 Å². The SMILES string of the molecule is C=C(C)N(C)CC(C)(C)CC.CC.CC. The minimum absolute atomic E-state index is 0.410. The summed E-state index contributed by atoms with van der Waals surface area (Å²) in [5.41, 5.74) is 1.56. The standard InChI is InChI=1S/C10H21N.2C2H6/c1-7-10(4,5)8-11(6)9(2)3;2*1-2/h2,7-8H2,1,3-6H3;2*1-2H3. The second-order valence-electron chi connectivity index (χ2n) is 4.11. The lowest BCUT2D eigenvalue weighted by molar-refractivity contribution is 0.239. The van der Waals surface area contributed by atoms with Gasteiger partial charge in [0.2, 0.25) is 0 Å². The van der Waals surface area contributed by atoms with Gasteiger partial charge in [-0.2, -0.15) is 0 Å². The lowest BCUT2D eigenvalue weighted by Crippen LogP contribution is -2.29. The maximum absolute atomic E-state index is 3.90. The molecule has 1 heteroatoms. The second-order valence-corrected chi connectivity index (χ2v) is 4.11. The largest absolute Gasteiger partial charge is 0.378 e. The van der Waals surface area contributed by atoms with Gasteiger partial charge in [-0.25, -0.2) is 0 Å². The summed E-state index contributed by atoms with van der Waals surface area (Å²) in [6.07, 6.45) is 1.21. The summed E-state index contributed by atoms with van der Waals surface area (Å²) in [6, 6.07) is 0. The molecular weight excluding hydrogens is 182 g/mol. The number of allylic oxidation sites excluding steroid dienone is 1. The van der Waals surface area contributed by atoms with Crippen LogP contribution >= 0.6 is 0 Å². The zero-order valence-corrected chi connectivity index (χ0v) is 12.6. The van der Waals surface area contributed by atoms with E-state index in [-0.39, 0.29) is 0 Å². The molecule has 0 heterocycles. The first-order valence-corrected chi connectivity index (χ1v) is 6.25. The molecular formula is C14H33N. The molecule has 0 aromatic carbocycles. The van der Waals surface area contributed by atoms with E-state index < -0.39 is 0 Å². The third-order valence-corrected chi connectivity index (χ3v) is 2.27. The van der Waals surface area contributed by atoms with Crippen molar-refractivity contribution in [2.45, 2.75) is 61.8 Å². The van der Waals surface area contributed by atoms with Crippen LogP contribution in [-0.2, 0) is 0 Å². The molecule has 0 fully saturated rings. The van der Waals surface area contributed by atoms with Crippen LogP contribution in [0.1, 0.15) is 61.8 Å². The van der Waals surface area contributed by atoms with Crippen molar-refractivity contribution in [1.29, 1.82) is 0 Å². The molecule has 0 aromatic heterocycles. The molecule has 15 heavy (non-hydrogen) atoms. The van der Waals surface area contributed by atoms with E-state index in [1.807, 2.05) is 34.6 Å². The first kappa shape index (κ1) is 20.0. The average Bonchev–Trinajstić information content (AvgIpc) is 2.23. The highest BCUT2D eigenvalue weighted by molar-refractivity contribution is 4.88. The van der Waals surface area contributed by atoms with Crippen molar-refractivity contribution in [1.82, 2.24) is 4.90 Å². The van der Waals surface area contributed by atoms with Gasteiger partial charge in [0.05, 0.1) is 0 Å². The van der Waals surface area contributed by atoms with Crippen molar-refractivity contribution in [3.05, 3.63) is 12.3 Å². The third kappa shape index (κ3) is 13.5. The lowest BCUT2D eigenvalue weighted by Gasteiger charge is -2.30. The van der Waals surface area contributed by atoms with Crippen LogP contribution < -0.4 is 0 Å². The van der Waals surface area contributed by atoms with E-state index in [0.717, 1.165) is 12.2 Å². The summed E-state index contributed by atoms with van der Waals surface area (Å²) in [6.45, 7) is 21.8. The molecule has 0 bridgehead atoms. The Morgan fingerprint density at radius 3 is 1.67 bits per heavy atom. The highest BCUT2D eigenvalue weighted by Gasteiger charge is 2.16. The fourth-order valence-corrected chi connectivity index (χ4v) is 0.889. The Labute approximate surface area is 98.6 Å². The molecule has 0 saturated carbocycles. The summed E-state index contributed by atoms with van der Waals surface area (Å²) in [4.78, 5) is 2.21. The van der Waals surface area contributed by atoms with E-state index in [2.05, 4.69) is 39.3 Å². The van der Waals surface area contributed by atoms with Crippen LogP contribution in [0.2, 0.25) is 0 Å². The van der Waals surface area contributed by atoms with Crippen LogP contribution in [0.15, 0.2) is 12.3 Å². The molecule has 94 valence electrons. The van der Waals surface area contributed by atoms with Gasteiger partial charge in [-0.1, -0.05) is 55.0 Å². The van der Waals surface area contributed by atoms with E-state index in [4.69, 9.17) is 0 Å². The molecule has 0 aliphatic heterocycles. The molecule has 0 aliphatic rings. The quantitative estimate of drug-likeness (QED) is 0.642. The zero-order chi connectivity index (χ0) is 13.1. The van der Waals surface area contributed by atoms with Crippen LogP contribution in [0, 0.1) is 5.41 Å². The fourth-order valence-electron chi connectivity index (χ4n) is 0.889. The maximum Gasteiger partial charge on any atom is 0.0222 e. The van der Waals surface area contributed by atoms with Gasteiger partial charge in [-0.05, 0) is 18.8 Å². The minimum Gasteiger partial charge on any atom is -0.378 e. The summed E-state index contributed by atoms with van der Waals surface area (Å²) < 4.78 is 0. The Bertz CT molecular complexity index is 136. The Hall–Kier alpha value is -0.460. The molecule has 0 unspecified atom stereocenters. The maximum atomic E-state index is 3.90. The topological polar surface area (TPSA) is 3.24 Å². The fraction of sp³-hybridized carbons (Fsp3) is 0.857. The highest BCUT2D eigenvalue weighted by atomic mass is 15.1. The normalized spacial score (nSPS) is 9.13. The van der Waals surface area contributed by atoms with Gasteiger partial charge in [0.1, 0.15) is 0 Å². The Balaban J connectivity index is -0.000000318. The predicted molar refractivity (Wildman–Crippen MR) is 74.2 cm³/mol. The van der Waals surface area contributed by atoms with Crippen LogP contribution in [0.3, 0.4) is 0 Å². The molecule has 1 nitrogen and oxygen atoms in total. The van der Waals surface area contributed by atoms with Crippen LogP contribution in [0.5, 0.6) is 0 Å². The molecule has 0 saturated heterocycles. The smallest absolute Gasteiger partial charge is 0.0222 e. The number of hydrogen-bond acceptors (Lipinski definition) is 1. The van der Waals surface area contributed by atoms with Crippen LogP contribution in [0.4, 0.5) is 0 Å². The van der Waals surface area contributed by atoms with Gasteiger partial charge in [-0.3, -0.25) is 0 Å². The van der Waals surface area contributed by atoms with Gasteiger partial charge in [-0.15, -0.1) is 0 Å². The third-order valence-electron chi connectivity index (χ3n) is 2.27. The second kappa shape index (κ2) is 11.6. The molecule has 0 atom stereocenters. The van der Waals surface area contributed by atoms with Crippen LogP contribution in [0.25, 0.3) is 0 Å². The Kier molecular flexibility index (Phi) is 15.5. The van der Waals surface area contributed by atoms with Crippen molar-refractivity contribution in [3.8, 4) is 0 Å². The monoisotopic (exact) mass is 215 g/mol. The minimum atomic E-state index is 0.410. The van der Waals surface area contributed by atoms with Crippen LogP contribution in [-0.4, -0.2) is 18.5 Å². The summed E-state index contributed by atoms with van der Waals surface area (Å²) in [5, 5.41) is 0. The summed E-state index contributed by atoms with van der Waals surface area (Å²) in [5.74, 6) is 0. The van der Waals surface area contributed by atoms with E-state index in [0.29, 0.717) is 5.41 Å². The number of rotatable bonds is 4. The van der Waals surface area contributed by atoms with Gasteiger partial charge >= 0.3 is 0 Å². The van der Waals surface area contributed by atoms with Crippen molar-refractivity contribution in [2.24, 2.45) is 5.41 Å². The molecule has 0 rings (SSSR count). The van der Waals surface area contributed by atoms with Crippen molar-refractivity contribution >= 4 is 0 Å². The lowest BCUT2D eigenvalue weighted by atomic mass is 9.90. The first-order valence-electron chi connectivity index (χ1n) is 6.25. The zero-order valence-electron chi connectivity index (χ0n) is 12.6. The molecule has 0 aromatic rings. The summed E-state index contributed by atoms with van der Waals surface area (Å²) >= 11 is 0. The van der Waals surface area contributed by atoms with E-state index in [1.54, 1.807) is 0 Å².